The fourth-order valence-corrected chi connectivity index (χ4v) is 1.38. The van der Waals surface area contributed by atoms with Crippen LogP contribution in [0.25, 0.3) is 11.3 Å². The van der Waals surface area contributed by atoms with Crippen molar-refractivity contribution >= 4 is 5.69 Å². The van der Waals surface area contributed by atoms with Gasteiger partial charge in [-0.25, -0.2) is 0 Å². The van der Waals surface area contributed by atoms with Crippen molar-refractivity contribution in [1.29, 1.82) is 0 Å². The van der Waals surface area contributed by atoms with Gasteiger partial charge in [0, 0.05) is 17.0 Å². The zero-order valence-electron chi connectivity index (χ0n) is 8.11. The Kier molecular flexibility index (Phi) is 1.96. The van der Waals surface area contributed by atoms with Crippen molar-refractivity contribution in [2.24, 2.45) is 0 Å². The Morgan fingerprint density at radius 1 is 1.29 bits per heavy atom. The first kappa shape index (κ1) is 8.74. The highest BCUT2D eigenvalue weighted by atomic mass is 16.5. The Morgan fingerprint density at radius 2 is 2.07 bits per heavy atom. The van der Waals surface area contributed by atoms with E-state index in [1.807, 2.05) is 26.0 Å². The minimum absolute atomic E-state index is 0.541. The molecule has 72 valence electrons. The molecule has 2 rings (SSSR count). The zero-order chi connectivity index (χ0) is 10.1. The molecule has 0 aliphatic heterocycles. The lowest BCUT2D eigenvalue weighted by Crippen LogP contribution is -1.91. The maximum Gasteiger partial charge on any atom is 0.191 e. The van der Waals surface area contributed by atoms with E-state index in [-0.39, 0.29) is 0 Å². The van der Waals surface area contributed by atoms with Gasteiger partial charge in [-0.05, 0) is 26.0 Å². The van der Waals surface area contributed by atoms with Crippen LogP contribution in [0.5, 0.6) is 0 Å². The maximum absolute atomic E-state index is 5.70. The molecule has 14 heavy (non-hydrogen) atoms. The first-order valence-corrected chi connectivity index (χ1v) is 4.33. The Hall–Kier alpha value is -1.84. The van der Waals surface area contributed by atoms with E-state index in [4.69, 9.17) is 10.3 Å². The molecule has 0 atom stereocenters. The molecule has 0 saturated heterocycles. The zero-order valence-corrected chi connectivity index (χ0v) is 8.11. The Balaban J connectivity index is 2.58. The predicted molar refractivity (Wildman–Crippen MR) is 53.6 cm³/mol. The van der Waals surface area contributed by atoms with Gasteiger partial charge in [-0.3, -0.25) is 4.98 Å². The number of pyridine rings is 1. The first-order valence-electron chi connectivity index (χ1n) is 4.33. The van der Waals surface area contributed by atoms with Gasteiger partial charge >= 0.3 is 0 Å². The number of anilines is 1. The van der Waals surface area contributed by atoms with Crippen molar-refractivity contribution in [2.75, 3.05) is 5.73 Å². The van der Waals surface area contributed by atoms with E-state index in [9.17, 15) is 0 Å². The number of nitrogens with two attached hydrogens (primary N) is 1. The van der Waals surface area contributed by atoms with Crippen LogP contribution in [0, 0.1) is 13.8 Å². The Morgan fingerprint density at radius 3 is 2.64 bits per heavy atom. The van der Waals surface area contributed by atoms with Gasteiger partial charge in [-0.1, -0.05) is 5.16 Å². The monoisotopic (exact) mass is 189 g/mol. The van der Waals surface area contributed by atoms with Gasteiger partial charge in [-0.2, -0.15) is 0 Å². The summed E-state index contributed by atoms with van der Waals surface area (Å²) in [5.74, 6) is 0.593. The summed E-state index contributed by atoms with van der Waals surface area (Å²) >= 11 is 0. The molecule has 0 aliphatic rings. The van der Waals surface area contributed by atoms with Crippen LogP contribution in [0.3, 0.4) is 0 Å². The fraction of sp³-hybridized carbons (Fsp3) is 0.200. The summed E-state index contributed by atoms with van der Waals surface area (Å²) in [4.78, 5) is 4.33. The van der Waals surface area contributed by atoms with E-state index in [1.165, 1.54) is 6.20 Å². The van der Waals surface area contributed by atoms with Crippen LogP contribution < -0.4 is 5.73 Å². The molecule has 2 aromatic heterocycles. The molecule has 0 unspecified atom stereocenters. The number of nitrogens with zero attached hydrogens (tertiary/aromatic N) is 2. The SMILES string of the molecule is Cc1ccc(-c2oncc2N)c(C)n1. The molecule has 0 spiro atoms. The largest absolute Gasteiger partial charge is 0.394 e. The molecular weight excluding hydrogens is 178 g/mol. The molecule has 0 aliphatic carbocycles. The molecule has 2 aromatic rings. The van der Waals surface area contributed by atoms with E-state index in [0.717, 1.165) is 17.0 Å². The third kappa shape index (κ3) is 1.35. The van der Waals surface area contributed by atoms with Gasteiger partial charge in [0.2, 0.25) is 0 Å². The van der Waals surface area contributed by atoms with E-state index < -0.39 is 0 Å². The number of hydrogen-bond acceptors (Lipinski definition) is 4. The van der Waals surface area contributed by atoms with Gasteiger partial charge in [0.25, 0.3) is 0 Å². The summed E-state index contributed by atoms with van der Waals surface area (Å²) in [6, 6.07) is 3.86. The second-order valence-corrected chi connectivity index (χ2v) is 3.20. The predicted octanol–water partition coefficient (Wildman–Crippen LogP) is 1.94. The summed E-state index contributed by atoms with van der Waals surface area (Å²) in [7, 11) is 0. The van der Waals surface area contributed by atoms with Crippen LogP contribution in [0.4, 0.5) is 5.69 Å². The second-order valence-electron chi connectivity index (χ2n) is 3.20. The lowest BCUT2D eigenvalue weighted by atomic mass is 10.1. The number of hydrogen-bond donors (Lipinski definition) is 1. The van der Waals surface area contributed by atoms with Gasteiger partial charge < -0.3 is 10.3 Å². The summed E-state index contributed by atoms with van der Waals surface area (Å²) in [6.45, 7) is 3.87. The summed E-state index contributed by atoms with van der Waals surface area (Å²) < 4.78 is 5.06. The smallest absolute Gasteiger partial charge is 0.191 e. The van der Waals surface area contributed by atoms with Gasteiger partial charge in [-0.15, -0.1) is 0 Å². The van der Waals surface area contributed by atoms with Crippen molar-refractivity contribution in [3.05, 3.63) is 29.7 Å². The van der Waals surface area contributed by atoms with Crippen molar-refractivity contribution in [3.8, 4) is 11.3 Å². The van der Waals surface area contributed by atoms with Crippen molar-refractivity contribution < 1.29 is 4.52 Å². The van der Waals surface area contributed by atoms with E-state index in [1.54, 1.807) is 0 Å². The molecule has 0 aromatic carbocycles. The number of aromatic nitrogens is 2. The van der Waals surface area contributed by atoms with Crippen LogP contribution >= 0.6 is 0 Å². The molecule has 2 heterocycles. The summed E-state index contributed by atoms with van der Waals surface area (Å²) in [5.41, 5.74) is 9.00. The molecule has 0 radical (unpaired) electrons. The van der Waals surface area contributed by atoms with E-state index >= 15 is 0 Å². The van der Waals surface area contributed by atoms with E-state index in [0.29, 0.717) is 11.4 Å². The minimum Gasteiger partial charge on any atom is -0.394 e. The fourth-order valence-electron chi connectivity index (χ4n) is 1.38. The number of rotatable bonds is 1. The number of aryl methyl sites for hydroxylation is 2. The van der Waals surface area contributed by atoms with Crippen molar-refractivity contribution in [1.82, 2.24) is 10.1 Å². The van der Waals surface area contributed by atoms with Gasteiger partial charge in [0.05, 0.1) is 6.20 Å². The highest BCUT2D eigenvalue weighted by Gasteiger charge is 2.10. The van der Waals surface area contributed by atoms with Crippen LogP contribution in [-0.4, -0.2) is 10.1 Å². The summed E-state index contributed by atoms with van der Waals surface area (Å²) in [5, 5.41) is 3.63. The third-order valence-electron chi connectivity index (χ3n) is 2.07. The van der Waals surface area contributed by atoms with E-state index in [2.05, 4.69) is 10.1 Å². The molecule has 0 saturated carbocycles. The Labute approximate surface area is 81.7 Å². The molecule has 0 bridgehead atoms. The van der Waals surface area contributed by atoms with Crippen LogP contribution in [0.2, 0.25) is 0 Å². The van der Waals surface area contributed by atoms with Crippen molar-refractivity contribution in [3.63, 3.8) is 0 Å². The van der Waals surface area contributed by atoms with Crippen LogP contribution in [0.15, 0.2) is 22.9 Å². The third-order valence-corrected chi connectivity index (χ3v) is 2.07. The minimum atomic E-state index is 0.541. The topological polar surface area (TPSA) is 64.9 Å². The van der Waals surface area contributed by atoms with Crippen molar-refractivity contribution in [2.45, 2.75) is 13.8 Å². The number of nitrogen functional groups attached to an aromatic ring is 1. The average Bonchev–Trinajstić information content (AvgIpc) is 2.52. The first-order chi connectivity index (χ1) is 6.68. The maximum atomic E-state index is 5.70. The highest BCUT2D eigenvalue weighted by molar-refractivity contribution is 5.71. The molecule has 4 nitrogen and oxygen atoms in total. The quantitative estimate of drug-likeness (QED) is 0.744. The van der Waals surface area contributed by atoms with Gasteiger partial charge in [0.1, 0.15) is 5.69 Å². The molecular formula is C10H11N3O. The normalized spacial score (nSPS) is 10.4. The molecule has 4 heteroatoms. The standard InChI is InChI=1S/C10H11N3O/c1-6-3-4-8(7(2)13-6)10-9(11)5-12-14-10/h3-5H,11H2,1-2H3. The molecule has 2 N–H and O–H groups in total. The molecule has 0 amide bonds. The molecule has 0 fully saturated rings. The lowest BCUT2D eigenvalue weighted by Gasteiger charge is -2.02. The highest BCUT2D eigenvalue weighted by Crippen LogP contribution is 2.27. The second kappa shape index (κ2) is 3.14. The van der Waals surface area contributed by atoms with Crippen LogP contribution in [0.1, 0.15) is 11.4 Å². The van der Waals surface area contributed by atoms with Gasteiger partial charge in [0.15, 0.2) is 5.76 Å². The van der Waals surface area contributed by atoms with Crippen LogP contribution in [-0.2, 0) is 0 Å². The summed E-state index contributed by atoms with van der Waals surface area (Å²) in [6.07, 6.45) is 1.49. The average molecular weight is 189 g/mol. The lowest BCUT2D eigenvalue weighted by molar-refractivity contribution is 0.432. The Bertz CT molecular complexity index is 462.